The van der Waals surface area contributed by atoms with Crippen molar-refractivity contribution in [1.29, 1.82) is 0 Å². The van der Waals surface area contributed by atoms with E-state index in [0.29, 0.717) is 5.25 Å². The highest BCUT2D eigenvalue weighted by atomic mass is 32.2. The van der Waals surface area contributed by atoms with Crippen LogP contribution in [0.15, 0.2) is 34.1 Å². The highest BCUT2D eigenvalue weighted by Crippen LogP contribution is 2.38. The first-order chi connectivity index (χ1) is 13.4. The molecule has 0 bridgehead atoms. The number of terminal acetylenes is 1. The average Bonchev–Trinajstić information content (AvgIpc) is 2.74. The van der Waals surface area contributed by atoms with Crippen LogP contribution in [0.25, 0.3) is 0 Å². The molecule has 28 heavy (non-hydrogen) atoms. The summed E-state index contributed by atoms with van der Waals surface area (Å²) in [6.45, 7) is 0.553. The number of hydrogen-bond acceptors (Lipinski definition) is 6. The van der Waals surface area contributed by atoms with Crippen molar-refractivity contribution >= 4 is 27.5 Å². The minimum absolute atomic E-state index is 0.0322. The second-order valence-corrected chi connectivity index (χ2v) is 11.0. The smallest absolute Gasteiger partial charge is 0.265 e. The molecule has 2 aliphatic rings. The van der Waals surface area contributed by atoms with Crippen molar-refractivity contribution in [3.63, 3.8) is 0 Å². The van der Waals surface area contributed by atoms with Crippen molar-refractivity contribution in [3.05, 3.63) is 24.3 Å². The zero-order valence-corrected chi connectivity index (χ0v) is 17.4. The largest absolute Gasteiger partial charge is 0.333 e. The van der Waals surface area contributed by atoms with Gasteiger partial charge in [-0.3, -0.25) is 10.0 Å². The Hall–Kier alpha value is -1.69. The van der Waals surface area contributed by atoms with Crippen LogP contribution in [0.3, 0.4) is 0 Å². The van der Waals surface area contributed by atoms with E-state index in [2.05, 4.69) is 6.04 Å². The minimum Gasteiger partial charge on any atom is -0.333 e. The molecule has 1 saturated carbocycles. The number of sulfone groups is 1. The molecule has 8 heteroatoms. The number of amides is 1. The maximum atomic E-state index is 13.4. The Morgan fingerprint density at radius 3 is 2.32 bits per heavy atom. The fourth-order valence-corrected chi connectivity index (χ4v) is 7.22. The molecule has 2 N–H and O–H groups in total. The summed E-state index contributed by atoms with van der Waals surface area (Å²) >= 11 is 1.79. The predicted octanol–water partition coefficient (Wildman–Crippen LogP) is 2.82. The van der Waals surface area contributed by atoms with Crippen LogP contribution < -0.4 is 5.48 Å². The van der Waals surface area contributed by atoms with Gasteiger partial charge in [-0.1, -0.05) is 25.7 Å². The first kappa shape index (κ1) is 21.0. The molecule has 1 saturated heterocycles. The summed E-state index contributed by atoms with van der Waals surface area (Å²) < 4.78 is 25.0. The van der Waals surface area contributed by atoms with Crippen molar-refractivity contribution in [2.75, 3.05) is 13.1 Å². The van der Waals surface area contributed by atoms with Gasteiger partial charge in [0.05, 0.1) is 4.90 Å². The quantitative estimate of drug-likeness (QED) is 0.431. The standard InChI is InChI=1S/C20H26N2O4S2/c1-2-22-14-12-20(13-15-22,19(23)21-24)28(25,26)18-10-8-17(9-11-18)27-16-6-4-3-5-7-16/h1,8-11,16,24H,3-7,12-15H2,(H,21,23). The van der Waals surface area contributed by atoms with Crippen molar-refractivity contribution in [3.8, 4) is 12.5 Å². The van der Waals surface area contributed by atoms with Gasteiger partial charge in [-0.2, -0.15) is 0 Å². The molecular formula is C20H26N2O4S2. The normalized spacial score (nSPS) is 20.4. The Labute approximate surface area is 170 Å². The number of benzene rings is 1. The van der Waals surface area contributed by atoms with Gasteiger partial charge in [0, 0.05) is 29.3 Å². The van der Waals surface area contributed by atoms with Crippen LogP contribution in [0, 0.1) is 12.5 Å². The number of hydrogen-bond donors (Lipinski definition) is 2. The van der Waals surface area contributed by atoms with Crippen molar-refractivity contribution < 1.29 is 18.4 Å². The van der Waals surface area contributed by atoms with E-state index in [-0.39, 0.29) is 30.8 Å². The van der Waals surface area contributed by atoms with E-state index >= 15 is 0 Å². The molecule has 1 heterocycles. The first-order valence-corrected chi connectivity index (χ1v) is 12.0. The Balaban J connectivity index is 1.83. The fraction of sp³-hybridized carbons (Fsp3) is 0.550. The van der Waals surface area contributed by atoms with E-state index in [0.717, 1.165) is 4.90 Å². The zero-order valence-electron chi connectivity index (χ0n) is 15.8. The molecule has 6 nitrogen and oxygen atoms in total. The Morgan fingerprint density at radius 2 is 1.79 bits per heavy atom. The summed E-state index contributed by atoms with van der Waals surface area (Å²) in [4.78, 5) is 15.2. The van der Waals surface area contributed by atoms with Crippen LogP contribution in [0.5, 0.6) is 0 Å². The molecule has 0 radical (unpaired) electrons. The van der Waals surface area contributed by atoms with Gasteiger partial charge in [0.15, 0.2) is 14.6 Å². The SMILES string of the molecule is C#CN1CCC(C(=O)NO)(S(=O)(=O)c2ccc(SC3CCCCC3)cc2)CC1. The second-order valence-electron chi connectivity index (χ2n) is 7.40. The number of likely N-dealkylation sites (tertiary alicyclic amines) is 1. The van der Waals surface area contributed by atoms with Crippen molar-refractivity contribution in [2.24, 2.45) is 0 Å². The Kier molecular flexibility index (Phi) is 6.58. The lowest BCUT2D eigenvalue weighted by atomic mass is 9.95. The van der Waals surface area contributed by atoms with Gasteiger partial charge in [-0.05, 0) is 49.9 Å². The number of nitrogens with zero attached hydrogens (tertiary/aromatic N) is 1. The molecule has 0 unspecified atom stereocenters. The monoisotopic (exact) mass is 422 g/mol. The predicted molar refractivity (Wildman–Crippen MR) is 109 cm³/mol. The fourth-order valence-electron chi connectivity index (χ4n) is 4.02. The van der Waals surface area contributed by atoms with Gasteiger partial charge < -0.3 is 4.90 Å². The van der Waals surface area contributed by atoms with Crippen LogP contribution in [-0.2, 0) is 14.6 Å². The molecule has 0 spiro atoms. The second kappa shape index (κ2) is 8.76. The maximum absolute atomic E-state index is 13.4. The lowest BCUT2D eigenvalue weighted by Crippen LogP contribution is -2.57. The van der Waals surface area contributed by atoms with E-state index < -0.39 is 20.5 Å². The number of carbonyl (C=O) groups excluding carboxylic acids is 1. The molecule has 1 aliphatic heterocycles. The van der Waals surface area contributed by atoms with Gasteiger partial charge in [0.2, 0.25) is 0 Å². The molecule has 1 aromatic rings. The Morgan fingerprint density at radius 1 is 1.18 bits per heavy atom. The van der Waals surface area contributed by atoms with E-state index in [1.807, 2.05) is 12.1 Å². The van der Waals surface area contributed by atoms with E-state index in [1.54, 1.807) is 34.3 Å². The lowest BCUT2D eigenvalue weighted by Gasteiger charge is -2.38. The summed E-state index contributed by atoms with van der Waals surface area (Å²) in [7, 11) is -3.99. The lowest BCUT2D eigenvalue weighted by molar-refractivity contribution is -0.133. The highest BCUT2D eigenvalue weighted by molar-refractivity contribution is 8.00. The average molecular weight is 423 g/mol. The summed E-state index contributed by atoms with van der Waals surface area (Å²) in [5, 5.41) is 9.77. The number of carbonyl (C=O) groups is 1. The third-order valence-corrected chi connectivity index (χ3v) is 9.64. The van der Waals surface area contributed by atoms with Crippen molar-refractivity contribution in [1.82, 2.24) is 10.4 Å². The van der Waals surface area contributed by atoms with Gasteiger partial charge in [0.1, 0.15) is 0 Å². The summed E-state index contributed by atoms with van der Waals surface area (Å²) in [5.41, 5.74) is 1.56. The van der Waals surface area contributed by atoms with Crippen LogP contribution in [-0.4, -0.2) is 47.5 Å². The third-order valence-electron chi connectivity index (χ3n) is 5.77. The van der Waals surface area contributed by atoms with Gasteiger partial charge in [0.25, 0.3) is 5.91 Å². The number of piperidine rings is 1. The first-order valence-electron chi connectivity index (χ1n) is 9.60. The summed E-state index contributed by atoms with van der Waals surface area (Å²) in [6, 6.07) is 9.24. The van der Waals surface area contributed by atoms with Crippen LogP contribution in [0.2, 0.25) is 0 Å². The molecule has 3 rings (SSSR count). The molecule has 0 atom stereocenters. The Bertz CT molecular complexity index is 832. The summed E-state index contributed by atoms with van der Waals surface area (Å²) in [6.07, 6.45) is 11.6. The van der Waals surface area contributed by atoms with E-state index in [4.69, 9.17) is 6.42 Å². The molecule has 1 aromatic carbocycles. The van der Waals surface area contributed by atoms with Gasteiger partial charge in [-0.25, -0.2) is 13.9 Å². The van der Waals surface area contributed by atoms with Crippen LogP contribution in [0.1, 0.15) is 44.9 Å². The van der Waals surface area contributed by atoms with Crippen LogP contribution >= 0.6 is 11.8 Å². The highest BCUT2D eigenvalue weighted by Gasteiger charge is 2.52. The van der Waals surface area contributed by atoms with Crippen molar-refractivity contribution in [2.45, 2.75) is 64.7 Å². The van der Waals surface area contributed by atoms with Crippen LogP contribution in [0.4, 0.5) is 0 Å². The molecule has 1 aliphatic carbocycles. The minimum atomic E-state index is -3.99. The molecular weight excluding hydrogens is 396 g/mol. The topological polar surface area (TPSA) is 86.7 Å². The molecule has 2 fully saturated rings. The number of nitrogens with one attached hydrogen (secondary N) is 1. The molecule has 152 valence electrons. The summed E-state index contributed by atoms with van der Waals surface area (Å²) in [5.74, 6) is -0.898. The van der Waals surface area contributed by atoms with Gasteiger partial charge in [-0.15, -0.1) is 11.8 Å². The molecule has 0 aromatic heterocycles. The number of hydroxylamine groups is 1. The third kappa shape index (κ3) is 4.02. The molecule has 1 amide bonds. The maximum Gasteiger partial charge on any atom is 0.265 e. The van der Waals surface area contributed by atoms with E-state index in [9.17, 15) is 18.4 Å². The zero-order chi connectivity index (χ0) is 20.2. The van der Waals surface area contributed by atoms with E-state index in [1.165, 1.54) is 32.1 Å². The number of thioether (sulfide) groups is 1. The van der Waals surface area contributed by atoms with Gasteiger partial charge >= 0.3 is 0 Å². The number of rotatable bonds is 5.